The molecule has 0 aromatic heterocycles. The molecule has 0 spiro atoms. The van der Waals surface area contributed by atoms with Crippen LogP contribution in [0.3, 0.4) is 0 Å². The fourth-order valence-electron chi connectivity index (χ4n) is 1.11. The maximum atomic E-state index is 11.6. The quantitative estimate of drug-likeness (QED) is 0.677. The molecule has 0 radical (unpaired) electrons. The molecule has 0 amide bonds. The van der Waals surface area contributed by atoms with Crippen molar-refractivity contribution >= 4 is 10.8 Å². The number of hydrogen-bond donors (Lipinski definition) is 0. The Hall–Kier alpha value is -0.890. The van der Waals surface area contributed by atoms with E-state index in [0.717, 1.165) is 11.3 Å². The molecule has 1 nitrogen and oxygen atoms in total. The molecule has 0 bridgehead atoms. The SMILES string of the molecule is CCCC/C=C/[S@@](=O)c1ccccc1. The number of allylic oxidation sites excluding steroid dienone is 1. The molecule has 0 N–H and O–H groups in total. The molecule has 2 heteroatoms. The summed E-state index contributed by atoms with van der Waals surface area (Å²) >= 11 is 0. The summed E-state index contributed by atoms with van der Waals surface area (Å²) < 4.78 is 11.6. The van der Waals surface area contributed by atoms with E-state index in [-0.39, 0.29) is 0 Å². The van der Waals surface area contributed by atoms with Gasteiger partial charge in [-0.05, 0) is 18.6 Å². The van der Waals surface area contributed by atoms with Gasteiger partial charge in [0.2, 0.25) is 0 Å². The number of benzene rings is 1. The highest BCUT2D eigenvalue weighted by Crippen LogP contribution is 2.07. The van der Waals surface area contributed by atoms with E-state index in [1.54, 1.807) is 5.41 Å². The monoisotopic (exact) mass is 208 g/mol. The standard InChI is InChI=1S/C12H16OS/c1-2-3-4-8-11-14(13)12-9-6-5-7-10-12/h5-11H,2-4H2,1H3/b11-8+/t14-/m1/s1. The van der Waals surface area contributed by atoms with Crippen molar-refractivity contribution in [2.75, 3.05) is 0 Å². The maximum Gasteiger partial charge on any atom is 0.0772 e. The Morgan fingerprint density at radius 3 is 2.64 bits per heavy atom. The van der Waals surface area contributed by atoms with Crippen molar-refractivity contribution in [2.24, 2.45) is 0 Å². The van der Waals surface area contributed by atoms with Gasteiger partial charge in [0.25, 0.3) is 0 Å². The Balaban J connectivity index is 2.47. The van der Waals surface area contributed by atoms with Crippen molar-refractivity contribution in [3.8, 4) is 0 Å². The summed E-state index contributed by atoms with van der Waals surface area (Å²) in [4.78, 5) is 0.875. The Kier molecular flexibility index (Phi) is 5.23. The molecule has 0 fully saturated rings. The molecular formula is C12H16OS. The van der Waals surface area contributed by atoms with Crippen molar-refractivity contribution in [2.45, 2.75) is 31.1 Å². The van der Waals surface area contributed by atoms with Crippen LogP contribution in [-0.2, 0) is 10.8 Å². The van der Waals surface area contributed by atoms with Crippen molar-refractivity contribution < 1.29 is 4.21 Å². The number of hydrogen-bond acceptors (Lipinski definition) is 1. The summed E-state index contributed by atoms with van der Waals surface area (Å²) in [5.41, 5.74) is 0. The van der Waals surface area contributed by atoms with Crippen molar-refractivity contribution in [3.05, 3.63) is 41.8 Å². The average molecular weight is 208 g/mol. The lowest BCUT2D eigenvalue weighted by Gasteiger charge is -1.94. The number of rotatable bonds is 5. The van der Waals surface area contributed by atoms with E-state index in [1.807, 2.05) is 36.4 Å². The van der Waals surface area contributed by atoms with Gasteiger partial charge in [-0.25, -0.2) is 4.21 Å². The molecule has 1 aromatic carbocycles. The molecule has 0 aliphatic carbocycles. The van der Waals surface area contributed by atoms with Crippen molar-refractivity contribution in [1.82, 2.24) is 0 Å². The van der Waals surface area contributed by atoms with Gasteiger partial charge in [0.05, 0.1) is 10.8 Å². The van der Waals surface area contributed by atoms with Crippen LogP contribution in [0.1, 0.15) is 26.2 Å². The highest BCUT2D eigenvalue weighted by Gasteiger charge is 1.95. The molecule has 0 aliphatic rings. The predicted octanol–water partition coefficient (Wildman–Crippen LogP) is 3.50. The van der Waals surface area contributed by atoms with Crippen LogP contribution in [0.2, 0.25) is 0 Å². The largest absolute Gasteiger partial charge is 0.250 e. The third-order valence-electron chi connectivity index (χ3n) is 1.92. The Morgan fingerprint density at radius 2 is 2.00 bits per heavy atom. The third-order valence-corrected chi connectivity index (χ3v) is 3.10. The van der Waals surface area contributed by atoms with E-state index in [1.165, 1.54) is 12.8 Å². The molecule has 0 saturated carbocycles. The van der Waals surface area contributed by atoms with Crippen LogP contribution < -0.4 is 0 Å². The minimum absolute atomic E-state index is 0.875. The first-order valence-electron chi connectivity index (χ1n) is 4.97. The molecule has 0 saturated heterocycles. The molecule has 0 aliphatic heterocycles. The fraction of sp³-hybridized carbons (Fsp3) is 0.333. The van der Waals surface area contributed by atoms with Gasteiger partial charge in [0.15, 0.2) is 0 Å². The normalized spacial score (nSPS) is 13.2. The zero-order valence-corrected chi connectivity index (χ0v) is 9.30. The first-order chi connectivity index (χ1) is 6.84. The molecule has 1 atom stereocenters. The Bertz CT molecular complexity index is 303. The van der Waals surface area contributed by atoms with Gasteiger partial charge in [0, 0.05) is 10.3 Å². The summed E-state index contributed by atoms with van der Waals surface area (Å²) in [6.07, 6.45) is 5.38. The highest BCUT2D eigenvalue weighted by atomic mass is 32.2. The third kappa shape index (κ3) is 3.88. The van der Waals surface area contributed by atoms with E-state index in [4.69, 9.17) is 0 Å². The fourth-order valence-corrected chi connectivity index (χ4v) is 2.00. The second-order valence-corrected chi connectivity index (χ2v) is 4.46. The molecule has 0 heterocycles. The second kappa shape index (κ2) is 6.55. The molecular weight excluding hydrogens is 192 g/mol. The van der Waals surface area contributed by atoms with Gasteiger partial charge in [-0.15, -0.1) is 0 Å². The summed E-state index contributed by atoms with van der Waals surface area (Å²) in [7, 11) is -0.967. The summed E-state index contributed by atoms with van der Waals surface area (Å²) in [6, 6.07) is 9.53. The summed E-state index contributed by atoms with van der Waals surface area (Å²) in [5.74, 6) is 0. The van der Waals surface area contributed by atoms with E-state index in [0.29, 0.717) is 0 Å². The van der Waals surface area contributed by atoms with Gasteiger partial charge in [-0.2, -0.15) is 0 Å². The Morgan fingerprint density at radius 1 is 1.29 bits per heavy atom. The zero-order valence-electron chi connectivity index (χ0n) is 8.48. The van der Waals surface area contributed by atoms with E-state index in [2.05, 4.69) is 6.92 Å². The van der Waals surface area contributed by atoms with Crippen LogP contribution in [0.25, 0.3) is 0 Å². The first-order valence-corrected chi connectivity index (χ1v) is 6.18. The average Bonchev–Trinajstić information content (AvgIpc) is 2.25. The highest BCUT2D eigenvalue weighted by molar-refractivity contribution is 7.88. The van der Waals surface area contributed by atoms with Crippen LogP contribution in [0.5, 0.6) is 0 Å². The van der Waals surface area contributed by atoms with E-state index < -0.39 is 10.8 Å². The number of unbranched alkanes of at least 4 members (excludes halogenated alkanes) is 2. The Labute approximate surface area is 88.3 Å². The predicted molar refractivity (Wildman–Crippen MR) is 61.5 cm³/mol. The van der Waals surface area contributed by atoms with Crippen LogP contribution >= 0.6 is 0 Å². The van der Waals surface area contributed by atoms with Gasteiger partial charge < -0.3 is 0 Å². The lowest BCUT2D eigenvalue weighted by Crippen LogP contribution is -1.84. The molecule has 76 valence electrons. The topological polar surface area (TPSA) is 17.1 Å². The molecule has 14 heavy (non-hydrogen) atoms. The zero-order chi connectivity index (χ0) is 10.2. The van der Waals surface area contributed by atoms with Crippen LogP contribution in [0.4, 0.5) is 0 Å². The molecule has 0 unspecified atom stereocenters. The van der Waals surface area contributed by atoms with E-state index in [9.17, 15) is 4.21 Å². The smallest absolute Gasteiger partial charge is 0.0772 e. The molecule has 1 aromatic rings. The van der Waals surface area contributed by atoms with Crippen LogP contribution in [0, 0.1) is 0 Å². The van der Waals surface area contributed by atoms with E-state index >= 15 is 0 Å². The lowest BCUT2D eigenvalue weighted by molar-refractivity contribution is 0.688. The van der Waals surface area contributed by atoms with Gasteiger partial charge in [-0.3, -0.25) is 0 Å². The first kappa shape index (κ1) is 11.2. The minimum atomic E-state index is -0.967. The van der Waals surface area contributed by atoms with Crippen LogP contribution in [0.15, 0.2) is 46.7 Å². The van der Waals surface area contributed by atoms with Gasteiger partial charge in [-0.1, -0.05) is 44.0 Å². The maximum absolute atomic E-state index is 11.6. The van der Waals surface area contributed by atoms with Gasteiger partial charge in [0.1, 0.15) is 0 Å². The second-order valence-electron chi connectivity index (χ2n) is 3.12. The lowest BCUT2D eigenvalue weighted by atomic mass is 10.2. The van der Waals surface area contributed by atoms with Crippen molar-refractivity contribution in [1.29, 1.82) is 0 Å². The van der Waals surface area contributed by atoms with Crippen molar-refractivity contribution in [3.63, 3.8) is 0 Å². The minimum Gasteiger partial charge on any atom is -0.250 e. The summed E-state index contributed by atoms with van der Waals surface area (Å²) in [6.45, 7) is 2.15. The molecule has 1 rings (SSSR count). The van der Waals surface area contributed by atoms with Gasteiger partial charge >= 0.3 is 0 Å². The summed E-state index contributed by atoms with van der Waals surface area (Å²) in [5, 5.41) is 1.78. The van der Waals surface area contributed by atoms with Crippen LogP contribution in [-0.4, -0.2) is 4.21 Å².